The lowest BCUT2D eigenvalue weighted by Gasteiger charge is -2.36. The third-order valence-electron chi connectivity index (χ3n) is 4.00. The van der Waals surface area contributed by atoms with Crippen LogP contribution >= 0.6 is 11.6 Å². The van der Waals surface area contributed by atoms with Crippen LogP contribution in [0.1, 0.15) is 10.4 Å². The summed E-state index contributed by atoms with van der Waals surface area (Å²) < 4.78 is 40.3. The van der Waals surface area contributed by atoms with Crippen molar-refractivity contribution in [2.45, 2.75) is 0 Å². The highest BCUT2D eigenvalue weighted by Crippen LogP contribution is 2.24. The van der Waals surface area contributed by atoms with Crippen molar-refractivity contribution < 1.29 is 18.0 Å². The highest BCUT2D eigenvalue weighted by Gasteiger charge is 2.25. The van der Waals surface area contributed by atoms with Crippen LogP contribution in [0.25, 0.3) is 0 Å². The molecule has 3 rings (SSSR count). The molecule has 0 saturated carbocycles. The number of hydrogen-bond donors (Lipinski definition) is 0. The second kappa shape index (κ2) is 6.73. The van der Waals surface area contributed by atoms with Crippen molar-refractivity contribution >= 4 is 23.2 Å². The summed E-state index contributed by atoms with van der Waals surface area (Å²) in [6.45, 7) is 1.55. The average Bonchev–Trinajstić information content (AvgIpc) is 2.58. The molecule has 2 aromatic rings. The Morgan fingerprint density at radius 2 is 1.54 bits per heavy atom. The molecule has 0 atom stereocenters. The quantitative estimate of drug-likeness (QED) is 0.767. The minimum atomic E-state index is -1.12. The van der Waals surface area contributed by atoms with Crippen LogP contribution in [0.2, 0.25) is 5.02 Å². The third-order valence-corrected chi connectivity index (χ3v) is 4.31. The molecule has 2 aromatic carbocycles. The number of benzene rings is 2. The van der Waals surface area contributed by atoms with Crippen molar-refractivity contribution in [2.24, 2.45) is 0 Å². The molecule has 1 aliphatic rings. The van der Waals surface area contributed by atoms with Crippen LogP contribution in [-0.4, -0.2) is 37.0 Å². The Labute approximate surface area is 142 Å². The predicted octanol–water partition coefficient (Wildman–Crippen LogP) is 3.72. The lowest BCUT2D eigenvalue weighted by Crippen LogP contribution is -2.49. The maximum Gasteiger partial charge on any atom is 0.255 e. The molecular weight excluding hydrogens is 341 g/mol. The molecule has 0 aromatic heterocycles. The Bertz CT molecular complexity index is 776. The van der Waals surface area contributed by atoms with E-state index in [1.807, 2.05) is 4.90 Å². The number of carbonyl (C=O) groups excluding carboxylic acids is 1. The molecule has 0 unspecified atom stereocenters. The summed E-state index contributed by atoms with van der Waals surface area (Å²) in [7, 11) is 0. The second-order valence-electron chi connectivity index (χ2n) is 5.48. The Morgan fingerprint density at radius 3 is 2.21 bits per heavy atom. The number of hydrogen-bond acceptors (Lipinski definition) is 2. The first-order chi connectivity index (χ1) is 11.5. The third kappa shape index (κ3) is 3.19. The largest absolute Gasteiger partial charge is 0.366 e. The standard InChI is InChI=1S/C17H14ClF3N2O/c18-12-10-15(21)14(20)9-11(12)17(24)23-7-5-22(6-8-23)16-4-2-1-3-13(16)19/h1-4,9-10H,5-8H2. The van der Waals surface area contributed by atoms with Gasteiger partial charge in [0.25, 0.3) is 5.91 Å². The van der Waals surface area contributed by atoms with Crippen LogP contribution < -0.4 is 4.90 Å². The SMILES string of the molecule is O=C(c1cc(F)c(F)cc1Cl)N1CCN(c2ccccc2F)CC1. The molecule has 0 aliphatic carbocycles. The first kappa shape index (κ1) is 16.6. The van der Waals surface area contributed by atoms with Gasteiger partial charge in [0.2, 0.25) is 0 Å². The smallest absolute Gasteiger partial charge is 0.255 e. The van der Waals surface area contributed by atoms with Crippen LogP contribution in [0, 0.1) is 17.5 Å². The van der Waals surface area contributed by atoms with Crippen molar-refractivity contribution in [1.82, 2.24) is 4.90 Å². The maximum absolute atomic E-state index is 13.8. The zero-order valence-corrected chi connectivity index (χ0v) is 13.4. The summed E-state index contributed by atoms with van der Waals surface area (Å²) in [4.78, 5) is 15.8. The minimum absolute atomic E-state index is 0.0742. The summed E-state index contributed by atoms with van der Waals surface area (Å²) in [5.41, 5.74) is 0.408. The minimum Gasteiger partial charge on any atom is -0.366 e. The fourth-order valence-electron chi connectivity index (χ4n) is 2.72. The van der Waals surface area contributed by atoms with Gasteiger partial charge in [-0.05, 0) is 24.3 Å². The molecule has 1 aliphatic heterocycles. The summed E-state index contributed by atoms with van der Waals surface area (Å²) in [5, 5.41) is -0.129. The van der Waals surface area contributed by atoms with E-state index < -0.39 is 17.5 Å². The lowest BCUT2D eigenvalue weighted by molar-refractivity contribution is 0.0746. The molecule has 0 N–H and O–H groups in total. The molecule has 3 nitrogen and oxygen atoms in total. The van der Waals surface area contributed by atoms with Crippen LogP contribution in [0.5, 0.6) is 0 Å². The Kier molecular flexibility index (Phi) is 4.66. The predicted molar refractivity (Wildman–Crippen MR) is 85.9 cm³/mol. The van der Waals surface area contributed by atoms with Crippen molar-refractivity contribution in [1.29, 1.82) is 0 Å². The van der Waals surface area contributed by atoms with E-state index in [4.69, 9.17) is 11.6 Å². The number of carbonyl (C=O) groups is 1. The number of rotatable bonds is 2. The zero-order valence-electron chi connectivity index (χ0n) is 12.6. The number of halogens is 4. The number of piperazine rings is 1. The van der Waals surface area contributed by atoms with Crippen molar-refractivity contribution in [3.05, 3.63) is 64.4 Å². The molecule has 1 saturated heterocycles. The van der Waals surface area contributed by atoms with Gasteiger partial charge in [0.1, 0.15) is 5.82 Å². The second-order valence-corrected chi connectivity index (χ2v) is 5.88. The van der Waals surface area contributed by atoms with Crippen LogP contribution in [0.4, 0.5) is 18.9 Å². The zero-order chi connectivity index (χ0) is 17.3. The van der Waals surface area contributed by atoms with Gasteiger partial charge in [0.05, 0.1) is 16.3 Å². The van der Waals surface area contributed by atoms with Crippen LogP contribution in [-0.2, 0) is 0 Å². The monoisotopic (exact) mass is 354 g/mol. The Morgan fingerprint density at radius 1 is 0.917 bits per heavy atom. The van der Waals surface area contributed by atoms with Gasteiger partial charge in [-0.2, -0.15) is 0 Å². The van der Waals surface area contributed by atoms with Crippen molar-refractivity contribution in [3.63, 3.8) is 0 Å². The van der Waals surface area contributed by atoms with E-state index in [0.717, 1.165) is 12.1 Å². The van der Waals surface area contributed by atoms with Gasteiger partial charge >= 0.3 is 0 Å². The Balaban J connectivity index is 1.72. The summed E-state index contributed by atoms with van der Waals surface area (Å²) in [6.07, 6.45) is 0. The summed E-state index contributed by atoms with van der Waals surface area (Å²) in [5.74, 6) is -3.00. The van der Waals surface area contributed by atoms with Gasteiger partial charge in [0.15, 0.2) is 11.6 Å². The normalized spacial score (nSPS) is 14.8. The maximum atomic E-state index is 13.8. The van der Waals surface area contributed by atoms with E-state index in [-0.39, 0.29) is 16.4 Å². The van der Waals surface area contributed by atoms with E-state index in [2.05, 4.69) is 0 Å². The molecule has 1 amide bonds. The number of anilines is 1. The molecule has 0 radical (unpaired) electrons. The summed E-state index contributed by atoms with van der Waals surface area (Å²) >= 11 is 5.85. The summed E-state index contributed by atoms with van der Waals surface area (Å²) in [6, 6.07) is 8.02. The fraction of sp³-hybridized carbons (Fsp3) is 0.235. The van der Waals surface area contributed by atoms with Gasteiger partial charge in [0, 0.05) is 26.2 Å². The van der Waals surface area contributed by atoms with E-state index in [9.17, 15) is 18.0 Å². The number of nitrogens with zero attached hydrogens (tertiary/aromatic N) is 2. The van der Waals surface area contributed by atoms with E-state index in [1.165, 1.54) is 11.0 Å². The first-order valence-electron chi connectivity index (χ1n) is 7.40. The Hall–Kier alpha value is -2.21. The van der Waals surface area contributed by atoms with Crippen molar-refractivity contribution in [2.75, 3.05) is 31.1 Å². The number of para-hydroxylation sites is 1. The van der Waals surface area contributed by atoms with E-state index >= 15 is 0 Å². The van der Waals surface area contributed by atoms with E-state index in [0.29, 0.717) is 31.9 Å². The fourth-order valence-corrected chi connectivity index (χ4v) is 2.95. The van der Waals surface area contributed by atoms with Crippen molar-refractivity contribution in [3.8, 4) is 0 Å². The molecule has 0 spiro atoms. The lowest BCUT2D eigenvalue weighted by atomic mass is 10.1. The van der Waals surface area contributed by atoms with Gasteiger partial charge in [-0.25, -0.2) is 13.2 Å². The molecule has 126 valence electrons. The highest BCUT2D eigenvalue weighted by molar-refractivity contribution is 6.33. The topological polar surface area (TPSA) is 23.6 Å². The van der Waals surface area contributed by atoms with Gasteiger partial charge in [-0.3, -0.25) is 4.79 Å². The number of amides is 1. The molecule has 7 heteroatoms. The highest BCUT2D eigenvalue weighted by atomic mass is 35.5. The van der Waals surface area contributed by atoms with E-state index in [1.54, 1.807) is 18.2 Å². The van der Waals surface area contributed by atoms with Crippen LogP contribution in [0.3, 0.4) is 0 Å². The average molecular weight is 355 g/mol. The van der Waals surface area contributed by atoms with Crippen LogP contribution in [0.15, 0.2) is 36.4 Å². The molecule has 0 bridgehead atoms. The van der Waals surface area contributed by atoms with Gasteiger partial charge in [-0.1, -0.05) is 23.7 Å². The molecule has 24 heavy (non-hydrogen) atoms. The molecular formula is C17H14ClF3N2O. The molecule has 1 fully saturated rings. The van der Waals surface area contributed by atoms with Gasteiger partial charge < -0.3 is 9.80 Å². The molecule has 1 heterocycles. The van der Waals surface area contributed by atoms with Gasteiger partial charge in [-0.15, -0.1) is 0 Å². The first-order valence-corrected chi connectivity index (χ1v) is 7.78.